The maximum Gasteiger partial charge on any atom is 0.136 e. The van der Waals surface area contributed by atoms with Crippen LogP contribution < -0.4 is 4.90 Å². The summed E-state index contributed by atoms with van der Waals surface area (Å²) in [4.78, 5) is 2.36. The van der Waals surface area contributed by atoms with Gasteiger partial charge in [-0.25, -0.2) is 0 Å². The van der Waals surface area contributed by atoms with Gasteiger partial charge in [-0.2, -0.15) is 0 Å². The molecule has 1 aromatic heterocycles. The molecule has 0 aliphatic rings. The first kappa shape index (κ1) is 27.9. The maximum absolute atomic E-state index is 6.36. The number of hydrogen-bond donors (Lipinski definition) is 0. The fraction of sp³-hybridized carbons (Fsp3) is 0. The largest absolute Gasteiger partial charge is 0.456 e. The van der Waals surface area contributed by atoms with E-state index < -0.39 is 0 Å². The van der Waals surface area contributed by atoms with Crippen LogP contribution in [-0.4, -0.2) is 0 Å². The van der Waals surface area contributed by atoms with Crippen LogP contribution in [0.5, 0.6) is 0 Å². The highest BCUT2D eigenvalue weighted by atomic mass is 16.3. The van der Waals surface area contributed by atoms with Crippen molar-refractivity contribution in [2.24, 2.45) is 0 Å². The quantitative estimate of drug-likeness (QED) is 0.185. The summed E-state index contributed by atoms with van der Waals surface area (Å²) in [6, 6.07) is 66.9. The first-order chi connectivity index (χ1) is 23.8. The van der Waals surface area contributed by atoms with E-state index in [9.17, 15) is 0 Å². The molecule has 0 bridgehead atoms. The van der Waals surface area contributed by atoms with Crippen LogP contribution in [0, 0.1) is 0 Å². The van der Waals surface area contributed by atoms with E-state index in [1.165, 1.54) is 33.0 Å². The smallest absolute Gasteiger partial charge is 0.136 e. The summed E-state index contributed by atoms with van der Waals surface area (Å²) >= 11 is 0. The molecule has 0 saturated carbocycles. The molecule has 0 radical (unpaired) electrons. The minimum Gasteiger partial charge on any atom is -0.456 e. The minimum absolute atomic E-state index is 0.894. The Hall–Kier alpha value is -6.38. The summed E-state index contributed by atoms with van der Waals surface area (Å²) in [5, 5.41) is 4.68. The Labute approximate surface area is 279 Å². The molecule has 0 spiro atoms. The third kappa shape index (κ3) is 4.92. The lowest BCUT2D eigenvalue weighted by atomic mass is 9.92. The normalized spacial score (nSPS) is 11.3. The third-order valence-electron chi connectivity index (χ3n) is 9.28. The fourth-order valence-corrected chi connectivity index (χ4v) is 6.92. The molecule has 0 aliphatic carbocycles. The lowest BCUT2D eigenvalue weighted by molar-refractivity contribution is 0.669. The van der Waals surface area contributed by atoms with Gasteiger partial charge in [0.15, 0.2) is 0 Å². The molecule has 0 atom stereocenters. The molecule has 226 valence electrons. The second-order valence-electron chi connectivity index (χ2n) is 12.2. The van der Waals surface area contributed by atoms with Crippen LogP contribution in [0.4, 0.5) is 17.1 Å². The van der Waals surface area contributed by atoms with Crippen molar-refractivity contribution in [3.05, 3.63) is 188 Å². The molecule has 9 aromatic rings. The molecule has 0 unspecified atom stereocenters. The van der Waals surface area contributed by atoms with E-state index >= 15 is 0 Å². The molecule has 2 nitrogen and oxygen atoms in total. The van der Waals surface area contributed by atoms with Crippen molar-refractivity contribution in [3.8, 4) is 33.4 Å². The number of benzene rings is 8. The Bertz CT molecular complexity index is 2530. The van der Waals surface area contributed by atoms with Crippen LogP contribution in [0.25, 0.3) is 66.1 Å². The molecule has 0 aliphatic heterocycles. The second-order valence-corrected chi connectivity index (χ2v) is 12.2. The van der Waals surface area contributed by atoms with Crippen LogP contribution >= 0.6 is 0 Å². The van der Waals surface area contributed by atoms with Crippen molar-refractivity contribution < 1.29 is 4.42 Å². The van der Waals surface area contributed by atoms with Gasteiger partial charge in [0.1, 0.15) is 11.2 Å². The molecular formula is C46H31NO. The summed E-state index contributed by atoms with van der Waals surface area (Å²) in [6.07, 6.45) is 0. The van der Waals surface area contributed by atoms with Crippen LogP contribution in [0.1, 0.15) is 0 Å². The summed E-state index contributed by atoms with van der Waals surface area (Å²) in [5.41, 5.74) is 12.2. The van der Waals surface area contributed by atoms with E-state index in [1.54, 1.807) is 0 Å². The van der Waals surface area contributed by atoms with Gasteiger partial charge >= 0.3 is 0 Å². The second kappa shape index (κ2) is 11.8. The third-order valence-corrected chi connectivity index (χ3v) is 9.28. The highest BCUT2D eigenvalue weighted by Gasteiger charge is 2.18. The molecular weight excluding hydrogens is 583 g/mol. The number of furan rings is 1. The van der Waals surface area contributed by atoms with Gasteiger partial charge in [0.25, 0.3) is 0 Å². The van der Waals surface area contributed by atoms with Crippen LogP contribution in [-0.2, 0) is 0 Å². The number of fused-ring (bicyclic) bond motifs is 4. The lowest BCUT2D eigenvalue weighted by Gasteiger charge is -2.27. The van der Waals surface area contributed by atoms with E-state index in [4.69, 9.17) is 4.42 Å². The zero-order valence-corrected chi connectivity index (χ0v) is 26.3. The summed E-state index contributed by atoms with van der Waals surface area (Å²) < 4.78 is 6.36. The monoisotopic (exact) mass is 613 g/mol. The zero-order chi connectivity index (χ0) is 31.9. The Kier molecular flexibility index (Phi) is 6.84. The average molecular weight is 614 g/mol. The molecule has 0 N–H and O–H groups in total. The SMILES string of the molecule is c1ccc(-c2ccc(N(c3ccc(-c4cc5oc6ccccc6c5cc4-c4ccccc4)cc3)c3cccc4ccccc34)cc2)cc1. The highest BCUT2D eigenvalue weighted by Crippen LogP contribution is 2.43. The van der Waals surface area contributed by atoms with Gasteiger partial charge < -0.3 is 9.32 Å². The average Bonchev–Trinajstić information content (AvgIpc) is 3.53. The summed E-state index contributed by atoms with van der Waals surface area (Å²) in [6.45, 7) is 0. The summed E-state index contributed by atoms with van der Waals surface area (Å²) in [7, 11) is 0. The van der Waals surface area contributed by atoms with Crippen molar-refractivity contribution in [2.45, 2.75) is 0 Å². The van der Waals surface area contributed by atoms with Crippen molar-refractivity contribution in [1.82, 2.24) is 0 Å². The van der Waals surface area contributed by atoms with Gasteiger partial charge in [0, 0.05) is 27.5 Å². The number of anilines is 3. The van der Waals surface area contributed by atoms with Gasteiger partial charge in [-0.1, -0.05) is 140 Å². The van der Waals surface area contributed by atoms with Gasteiger partial charge in [-0.15, -0.1) is 0 Å². The van der Waals surface area contributed by atoms with E-state index in [2.05, 4.69) is 181 Å². The predicted molar refractivity (Wildman–Crippen MR) is 202 cm³/mol. The first-order valence-electron chi connectivity index (χ1n) is 16.3. The van der Waals surface area contributed by atoms with Gasteiger partial charge in [0.05, 0.1) is 5.69 Å². The van der Waals surface area contributed by atoms with Gasteiger partial charge in [0.2, 0.25) is 0 Å². The van der Waals surface area contributed by atoms with Gasteiger partial charge in [-0.05, 0) is 87.3 Å². The van der Waals surface area contributed by atoms with E-state index in [0.29, 0.717) is 0 Å². The maximum atomic E-state index is 6.36. The topological polar surface area (TPSA) is 16.4 Å². The van der Waals surface area contributed by atoms with Crippen LogP contribution in [0.3, 0.4) is 0 Å². The first-order valence-corrected chi connectivity index (χ1v) is 16.3. The van der Waals surface area contributed by atoms with E-state index in [0.717, 1.165) is 50.1 Å². The van der Waals surface area contributed by atoms with Crippen LogP contribution in [0.2, 0.25) is 0 Å². The Morgan fingerprint density at radius 3 is 1.58 bits per heavy atom. The van der Waals surface area contributed by atoms with Crippen molar-refractivity contribution >= 4 is 49.8 Å². The Morgan fingerprint density at radius 1 is 0.333 bits per heavy atom. The molecule has 8 aromatic carbocycles. The van der Waals surface area contributed by atoms with E-state index in [-0.39, 0.29) is 0 Å². The van der Waals surface area contributed by atoms with Crippen molar-refractivity contribution in [2.75, 3.05) is 4.90 Å². The van der Waals surface area contributed by atoms with Crippen molar-refractivity contribution in [1.29, 1.82) is 0 Å². The summed E-state index contributed by atoms with van der Waals surface area (Å²) in [5.74, 6) is 0. The standard InChI is InChI=1S/C46H31NO/c1-3-12-32(13-4-1)33-22-26-37(27-23-33)47(44-20-11-17-34-16-7-8-18-39(34)44)38-28-24-36(25-29-38)42-31-46-43(40-19-9-10-21-45(40)48-46)30-41(42)35-14-5-2-6-15-35/h1-31H. The van der Waals surface area contributed by atoms with Crippen molar-refractivity contribution in [3.63, 3.8) is 0 Å². The predicted octanol–water partition coefficient (Wildman–Crippen LogP) is 13.2. The molecule has 1 heterocycles. The Balaban J connectivity index is 1.19. The van der Waals surface area contributed by atoms with Gasteiger partial charge in [-0.3, -0.25) is 0 Å². The molecule has 0 fully saturated rings. The molecule has 0 amide bonds. The number of nitrogens with zero attached hydrogens (tertiary/aromatic N) is 1. The minimum atomic E-state index is 0.894. The highest BCUT2D eigenvalue weighted by molar-refractivity contribution is 6.09. The number of hydrogen-bond acceptors (Lipinski definition) is 2. The molecule has 0 saturated heterocycles. The number of para-hydroxylation sites is 1. The molecule has 9 rings (SSSR count). The zero-order valence-electron chi connectivity index (χ0n) is 26.3. The fourth-order valence-electron chi connectivity index (χ4n) is 6.92. The van der Waals surface area contributed by atoms with E-state index in [1.807, 2.05) is 12.1 Å². The van der Waals surface area contributed by atoms with Crippen LogP contribution in [0.15, 0.2) is 192 Å². The molecule has 48 heavy (non-hydrogen) atoms. The lowest BCUT2D eigenvalue weighted by Crippen LogP contribution is -2.10. The Morgan fingerprint density at radius 2 is 0.854 bits per heavy atom. The molecule has 2 heteroatoms. The number of rotatable bonds is 6.